The Morgan fingerprint density at radius 2 is 1.86 bits per heavy atom. The second kappa shape index (κ2) is 6.93. The molecule has 5 nitrogen and oxygen atoms in total. The van der Waals surface area contributed by atoms with Gasteiger partial charge in [0.25, 0.3) is 10.0 Å². The van der Waals surface area contributed by atoms with Gasteiger partial charge in [-0.15, -0.1) is 0 Å². The zero-order valence-corrected chi connectivity index (χ0v) is 13.3. The summed E-state index contributed by atoms with van der Waals surface area (Å²) in [4.78, 5) is 2.52. The predicted octanol–water partition coefficient (Wildman–Crippen LogP) is 2.93. The van der Waals surface area contributed by atoms with Gasteiger partial charge in [-0.1, -0.05) is 6.92 Å². The highest BCUT2D eigenvalue weighted by Crippen LogP contribution is 2.21. The van der Waals surface area contributed by atoms with Gasteiger partial charge in [-0.2, -0.15) is 13.5 Å². The largest absolute Gasteiger partial charge is 0.494 e. The molecule has 0 heterocycles. The summed E-state index contributed by atoms with van der Waals surface area (Å²) in [5, 5.41) is 4.07. The molecular weight excluding hydrogens is 288 g/mol. The van der Waals surface area contributed by atoms with E-state index in [1.165, 1.54) is 12.1 Å². The highest BCUT2D eigenvalue weighted by molar-refractivity contribution is 7.89. The van der Waals surface area contributed by atoms with Gasteiger partial charge in [0, 0.05) is 5.71 Å². The first-order valence-electron chi connectivity index (χ1n) is 7.31. The second-order valence-electron chi connectivity index (χ2n) is 5.36. The van der Waals surface area contributed by atoms with E-state index < -0.39 is 10.0 Å². The molecule has 0 saturated heterocycles. The van der Waals surface area contributed by atoms with Crippen LogP contribution in [0.4, 0.5) is 0 Å². The van der Waals surface area contributed by atoms with E-state index in [-0.39, 0.29) is 4.90 Å². The summed E-state index contributed by atoms with van der Waals surface area (Å²) in [6, 6.07) is 6.34. The van der Waals surface area contributed by atoms with E-state index >= 15 is 0 Å². The van der Waals surface area contributed by atoms with Gasteiger partial charge in [0.05, 0.1) is 11.5 Å². The number of benzene rings is 1. The number of nitrogens with one attached hydrogen (secondary N) is 1. The third kappa shape index (κ3) is 4.46. The van der Waals surface area contributed by atoms with Crippen LogP contribution in [0.3, 0.4) is 0 Å². The quantitative estimate of drug-likeness (QED) is 0.850. The lowest BCUT2D eigenvalue weighted by molar-refractivity contribution is 0.340. The lowest BCUT2D eigenvalue weighted by Gasteiger charge is -2.18. The average Bonchev–Trinajstić information content (AvgIpc) is 2.48. The number of nitrogens with zero attached hydrogens (tertiary/aromatic N) is 1. The molecule has 1 fully saturated rings. The summed E-state index contributed by atoms with van der Waals surface area (Å²) in [7, 11) is -3.60. The van der Waals surface area contributed by atoms with Crippen LogP contribution in [0.15, 0.2) is 34.3 Å². The molecule has 1 aromatic carbocycles. The Kier molecular flexibility index (Phi) is 5.22. The number of hydrogen-bond acceptors (Lipinski definition) is 4. The molecule has 1 aromatic rings. The third-order valence-corrected chi connectivity index (χ3v) is 4.84. The summed E-state index contributed by atoms with van der Waals surface area (Å²) in [6.45, 7) is 4.64. The second-order valence-corrected chi connectivity index (χ2v) is 7.02. The molecule has 21 heavy (non-hydrogen) atoms. The van der Waals surface area contributed by atoms with E-state index in [2.05, 4.69) is 16.9 Å². The van der Waals surface area contributed by atoms with E-state index in [0.717, 1.165) is 31.4 Å². The highest BCUT2D eigenvalue weighted by Gasteiger charge is 2.16. The van der Waals surface area contributed by atoms with Crippen molar-refractivity contribution in [2.75, 3.05) is 6.61 Å². The molecule has 1 aliphatic carbocycles. The Bertz CT molecular complexity index is 584. The maximum Gasteiger partial charge on any atom is 0.276 e. The molecule has 0 aromatic heterocycles. The summed E-state index contributed by atoms with van der Waals surface area (Å²) in [6.07, 6.45) is 3.88. The lowest BCUT2D eigenvalue weighted by Crippen LogP contribution is -2.22. The van der Waals surface area contributed by atoms with Crippen molar-refractivity contribution >= 4 is 15.7 Å². The molecule has 2 rings (SSSR count). The third-order valence-electron chi connectivity index (χ3n) is 3.62. The van der Waals surface area contributed by atoms with Crippen LogP contribution in [-0.2, 0) is 10.0 Å². The number of hydrogen-bond donors (Lipinski definition) is 1. The Hall–Kier alpha value is -1.56. The van der Waals surface area contributed by atoms with E-state index in [4.69, 9.17) is 4.74 Å². The first-order valence-corrected chi connectivity index (χ1v) is 8.79. The van der Waals surface area contributed by atoms with Crippen molar-refractivity contribution in [2.45, 2.75) is 44.4 Å². The monoisotopic (exact) mass is 310 g/mol. The highest BCUT2D eigenvalue weighted by atomic mass is 32.2. The summed E-state index contributed by atoms with van der Waals surface area (Å²) in [5.74, 6) is 1.36. The van der Waals surface area contributed by atoms with Crippen molar-refractivity contribution in [1.29, 1.82) is 0 Å². The summed E-state index contributed by atoms with van der Waals surface area (Å²) >= 11 is 0. The molecule has 6 heteroatoms. The van der Waals surface area contributed by atoms with Gasteiger partial charge in [-0.3, -0.25) is 0 Å². The van der Waals surface area contributed by atoms with Crippen LogP contribution in [0.1, 0.15) is 39.5 Å². The Morgan fingerprint density at radius 1 is 1.24 bits per heavy atom. The standard InChI is InChI=1S/C15H22N2O3S/c1-3-20-14-8-10-15(11-9-14)21(18,19)17-16-13-6-4-12(2)5-7-13/h8-12,17H,3-7H2,1-2H3. The Morgan fingerprint density at radius 3 is 2.43 bits per heavy atom. The van der Waals surface area contributed by atoms with E-state index in [9.17, 15) is 8.42 Å². The maximum absolute atomic E-state index is 12.1. The van der Waals surface area contributed by atoms with Crippen LogP contribution in [0.25, 0.3) is 0 Å². The van der Waals surface area contributed by atoms with Crippen LogP contribution in [0.5, 0.6) is 5.75 Å². The first kappa shape index (κ1) is 15.8. The fourth-order valence-corrected chi connectivity index (χ4v) is 3.12. The number of sulfonamides is 1. The molecule has 116 valence electrons. The minimum atomic E-state index is -3.60. The number of hydrazone groups is 1. The first-order chi connectivity index (χ1) is 10.0. The molecule has 0 spiro atoms. The number of rotatable bonds is 5. The van der Waals surface area contributed by atoms with Crippen LogP contribution in [-0.4, -0.2) is 20.7 Å². The molecule has 1 aliphatic rings. The smallest absolute Gasteiger partial charge is 0.276 e. The van der Waals surface area contributed by atoms with Crippen molar-refractivity contribution in [3.63, 3.8) is 0 Å². The molecule has 0 amide bonds. The molecule has 0 unspecified atom stereocenters. The molecule has 1 saturated carbocycles. The van der Waals surface area contributed by atoms with Crippen LogP contribution in [0.2, 0.25) is 0 Å². The van der Waals surface area contributed by atoms with Gasteiger partial charge in [0.15, 0.2) is 0 Å². The molecular formula is C15H22N2O3S. The molecule has 0 radical (unpaired) electrons. The van der Waals surface area contributed by atoms with Gasteiger partial charge < -0.3 is 4.74 Å². The molecule has 0 atom stereocenters. The topological polar surface area (TPSA) is 67.8 Å². The molecule has 1 N–H and O–H groups in total. The fraction of sp³-hybridized carbons (Fsp3) is 0.533. The SMILES string of the molecule is CCOc1ccc(S(=O)(=O)NN=C2CCC(C)CC2)cc1. The minimum absolute atomic E-state index is 0.194. The van der Waals surface area contributed by atoms with E-state index in [0.29, 0.717) is 18.3 Å². The average molecular weight is 310 g/mol. The van der Waals surface area contributed by atoms with Crippen molar-refractivity contribution < 1.29 is 13.2 Å². The number of ether oxygens (including phenoxy) is 1. The Labute approximate surface area is 126 Å². The van der Waals surface area contributed by atoms with Gasteiger partial charge in [0.1, 0.15) is 5.75 Å². The van der Waals surface area contributed by atoms with Gasteiger partial charge in [0.2, 0.25) is 0 Å². The predicted molar refractivity (Wildman–Crippen MR) is 83.0 cm³/mol. The van der Waals surface area contributed by atoms with Crippen molar-refractivity contribution in [2.24, 2.45) is 11.0 Å². The summed E-state index contributed by atoms with van der Waals surface area (Å²) < 4.78 is 29.6. The van der Waals surface area contributed by atoms with Gasteiger partial charge >= 0.3 is 0 Å². The van der Waals surface area contributed by atoms with E-state index in [1.54, 1.807) is 12.1 Å². The van der Waals surface area contributed by atoms with Crippen LogP contribution < -0.4 is 9.57 Å². The molecule has 0 bridgehead atoms. The minimum Gasteiger partial charge on any atom is -0.494 e. The summed E-state index contributed by atoms with van der Waals surface area (Å²) in [5.41, 5.74) is 0.933. The van der Waals surface area contributed by atoms with Crippen molar-refractivity contribution in [1.82, 2.24) is 4.83 Å². The van der Waals surface area contributed by atoms with Gasteiger partial charge in [-0.05, 0) is 62.8 Å². The normalized spacial score (nSPS) is 19.1. The molecule has 0 aliphatic heterocycles. The fourth-order valence-electron chi connectivity index (χ4n) is 2.27. The maximum atomic E-state index is 12.1. The zero-order chi connectivity index (χ0) is 15.3. The van der Waals surface area contributed by atoms with Gasteiger partial charge in [-0.25, -0.2) is 4.83 Å². The lowest BCUT2D eigenvalue weighted by atomic mass is 9.90. The van der Waals surface area contributed by atoms with E-state index in [1.807, 2.05) is 6.92 Å². The zero-order valence-electron chi connectivity index (χ0n) is 12.5. The Balaban J connectivity index is 2.02. The van der Waals surface area contributed by atoms with Crippen LogP contribution in [0, 0.1) is 5.92 Å². The van der Waals surface area contributed by atoms with Crippen LogP contribution >= 0.6 is 0 Å². The van der Waals surface area contributed by atoms with Crippen molar-refractivity contribution in [3.8, 4) is 5.75 Å². The van der Waals surface area contributed by atoms with Crippen molar-refractivity contribution in [3.05, 3.63) is 24.3 Å².